The van der Waals surface area contributed by atoms with Gasteiger partial charge in [-0.1, -0.05) is 10.4 Å². The zero-order valence-corrected chi connectivity index (χ0v) is 38.8. The minimum absolute atomic E-state index is 0.0551. The fourth-order valence-electron chi connectivity index (χ4n) is 5.50. The lowest BCUT2D eigenvalue weighted by molar-refractivity contribution is -0.104. The van der Waals surface area contributed by atoms with Crippen LogP contribution in [0.3, 0.4) is 0 Å². The fourth-order valence-corrected chi connectivity index (χ4v) is 6.07. The summed E-state index contributed by atoms with van der Waals surface area (Å²) >= 11 is 1.08. The Kier molecular flexibility index (Phi) is 29.9. The fraction of sp³-hybridized carbons (Fsp3) is 0.750. The highest BCUT2D eigenvalue weighted by atomic mass is 32.1. The Morgan fingerprint density at radius 1 is 0.400 bits per heavy atom. The lowest BCUT2D eigenvalue weighted by Gasteiger charge is -2.17. The first-order valence-electron chi connectivity index (χ1n) is 21.2. The van der Waals surface area contributed by atoms with E-state index in [9.17, 15) is 0 Å². The number of benzene rings is 1. The van der Waals surface area contributed by atoms with Crippen LogP contribution in [-0.4, -0.2) is 226 Å². The van der Waals surface area contributed by atoms with Gasteiger partial charge in [-0.25, -0.2) is 9.36 Å². The molecule has 0 saturated heterocycles. The summed E-state index contributed by atoms with van der Waals surface area (Å²) in [6, 6.07) is 3.10. The van der Waals surface area contributed by atoms with Crippen molar-refractivity contribution in [1.29, 1.82) is 0 Å². The van der Waals surface area contributed by atoms with E-state index in [1.165, 1.54) is 0 Å². The quantitative estimate of drug-likeness (QED) is 0.0455. The monoisotopic (exact) mass is 946 g/mol. The van der Waals surface area contributed by atoms with Gasteiger partial charge in [-0.15, -0.1) is 10.2 Å². The molecular weight excluding hydrogens is 881 g/mol. The van der Waals surface area contributed by atoms with Crippen LogP contribution in [0, 0.1) is 0 Å². The molecule has 0 fully saturated rings. The van der Waals surface area contributed by atoms with Crippen molar-refractivity contribution in [2.24, 2.45) is 0 Å². The maximum absolute atomic E-state index is 5.85. The number of fused-ring (bicyclic) bond motifs is 1. The number of ether oxygens (including phenoxy) is 16. The third-order valence-corrected chi connectivity index (χ3v) is 9.39. The van der Waals surface area contributed by atoms with E-state index >= 15 is 0 Å². The van der Waals surface area contributed by atoms with E-state index in [2.05, 4.69) is 29.4 Å². The summed E-state index contributed by atoms with van der Waals surface area (Å²) in [6.45, 7) is 8.34. The van der Waals surface area contributed by atoms with E-state index in [-0.39, 0.29) is 65.7 Å². The van der Waals surface area contributed by atoms with Crippen molar-refractivity contribution in [3.05, 3.63) is 24.5 Å². The highest BCUT2D eigenvalue weighted by Crippen LogP contribution is 2.33. The number of nitrogens with zero attached hydrogens (tertiary/aromatic N) is 8. The van der Waals surface area contributed by atoms with Crippen LogP contribution in [0.25, 0.3) is 33.5 Å². The number of hydrogen-bond acceptors (Lipinski definition) is 23. The second-order valence-corrected chi connectivity index (χ2v) is 14.1. The van der Waals surface area contributed by atoms with Gasteiger partial charge < -0.3 is 75.8 Å². The molecule has 65 heavy (non-hydrogen) atoms. The first-order valence-corrected chi connectivity index (χ1v) is 21.9. The molecule has 4 rings (SSSR count). The molecule has 368 valence electrons. The molecule has 0 spiro atoms. The van der Waals surface area contributed by atoms with Crippen molar-refractivity contribution < 1.29 is 75.8 Å². The molecule has 0 amide bonds. The minimum atomic E-state index is -0.364. The number of methoxy groups -OCH3 is 4. The topological polar surface area (TPSA) is 235 Å². The van der Waals surface area contributed by atoms with E-state index in [4.69, 9.17) is 75.8 Å². The second-order valence-electron chi connectivity index (χ2n) is 13.6. The van der Waals surface area contributed by atoms with Crippen LogP contribution in [0.4, 0.5) is 0 Å². The van der Waals surface area contributed by atoms with Crippen LogP contribution < -0.4 is 0 Å². The van der Waals surface area contributed by atoms with Crippen molar-refractivity contribution >= 4 is 22.8 Å². The average Bonchev–Trinajstić information content (AvgIpc) is 4.13. The Morgan fingerprint density at radius 2 is 0.692 bits per heavy atom. The Labute approximate surface area is 383 Å². The molecule has 24 nitrogen and oxygen atoms in total. The first-order chi connectivity index (χ1) is 32.2. The summed E-state index contributed by atoms with van der Waals surface area (Å²) in [5.41, 5.74) is 3.90. The van der Waals surface area contributed by atoms with Gasteiger partial charge >= 0.3 is 0 Å². The zero-order valence-electron chi connectivity index (χ0n) is 38.0. The molecule has 4 aromatic rings. The summed E-state index contributed by atoms with van der Waals surface area (Å²) in [4.78, 5) is 0. The van der Waals surface area contributed by atoms with Gasteiger partial charge in [0.15, 0.2) is 0 Å². The van der Waals surface area contributed by atoms with Gasteiger partial charge in [0.25, 0.3) is 0 Å². The molecule has 0 N–H and O–H groups in total. The second kappa shape index (κ2) is 35.8. The number of rotatable bonds is 44. The molecule has 0 aliphatic rings. The van der Waals surface area contributed by atoms with Crippen LogP contribution in [0.2, 0.25) is 0 Å². The van der Waals surface area contributed by atoms with Gasteiger partial charge in [0, 0.05) is 39.6 Å². The first kappa shape index (κ1) is 54.3. The summed E-state index contributed by atoms with van der Waals surface area (Å²) in [6.07, 6.45) is 3.63. The normalized spacial score (nSPS) is 12.0. The molecule has 0 saturated carbocycles. The number of hydrogen-bond donors (Lipinski definition) is 0. The smallest absolute Gasteiger partial charge is 0.146 e. The van der Waals surface area contributed by atoms with Crippen LogP contribution >= 0.6 is 11.7 Å². The standard InChI is InChI=1S/C40H66N8O16S/c1-49-7-11-53-15-19-57-29-61-25-33(26-62-30-58-20-16-54-12-8-50-2)47-23-37(41-45-47)35-5-6-36(40-39(35)43-65-44-40)38-24-48(46-42-38)34(27-63-31-59-21-17-55-13-9-51-3)28-64-32-60-22-18-56-14-10-52-4/h5-6,23-24,33-34H,7-22,25-32H2,1-4H3. The molecule has 0 aliphatic carbocycles. The van der Waals surface area contributed by atoms with Crippen molar-refractivity contribution in [3.8, 4) is 22.5 Å². The summed E-state index contributed by atoms with van der Waals surface area (Å²) in [7, 11) is 6.50. The van der Waals surface area contributed by atoms with Gasteiger partial charge in [0.1, 0.15) is 61.7 Å². The Bertz CT molecular complexity index is 1580. The number of aromatic nitrogens is 8. The Morgan fingerprint density at radius 3 is 1.00 bits per heavy atom. The van der Waals surface area contributed by atoms with Crippen LogP contribution in [0.1, 0.15) is 12.1 Å². The molecule has 0 unspecified atom stereocenters. The van der Waals surface area contributed by atoms with Crippen LogP contribution in [0.15, 0.2) is 24.5 Å². The summed E-state index contributed by atoms with van der Waals surface area (Å²) in [5, 5.41) is 17.9. The highest BCUT2D eigenvalue weighted by molar-refractivity contribution is 7.00. The molecule has 3 heterocycles. The SMILES string of the molecule is COCCOCCOCOCC(COCOCCOCCOC)n1cc(-c2ccc(-c3cn(C(COCOCCOCCOC)COCOCCOCCOC)nn3)c3nsnc23)nn1. The molecule has 0 atom stereocenters. The summed E-state index contributed by atoms with van der Waals surface area (Å²) < 4.78 is 100. The van der Waals surface area contributed by atoms with Gasteiger partial charge in [-0.05, 0) is 12.1 Å². The van der Waals surface area contributed by atoms with Gasteiger partial charge in [-0.2, -0.15) is 8.75 Å². The summed E-state index contributed by atoms with van der Waals surface area (Å²) in [5.74, 6) is 0. The van der Waals surface area contributed by atoms with Crippen LogP contribution in [0.5, 0.6) is 0 Å². The maximum Gasteiger partial charge on any atom is 0.146 e. The lowest BCUT2D eigenvalue weighted by atomic mass is 10.0. The minimum Gasteiger partial charge on any atom is -0.382 e. The predicted octanol–water partition coefficient (Wildman–Crippen LogP) is 1.91. The molecule has 1 aromatic carbocycles. The average molecular weight is 947 g/mol. The van der Waals surface area contributed by atoms with Crippen LogP contribution in [-0.2, 0) is 75.8 Å². The molecular formula is C40H66N8O16S. The van der Waals surface area contributed by atoms with Crippen molar-refractivity contribution in [2.75, 3.05) is 188 Å². The van der Waals surface area contributed by atoms with Crippen molar-refractivity contribution in [2.45, 2.75) is 12.1 Å². The molecule has 25 heteroatoms. The molecule has 0 radical (unpaired) electrons. The van der Waals surface area contributed by atoms with Crippen molar-refractivity contribution in [1.82, 2.24) is 38.7 Å². The highest BCUT2D eigenvalue weighted by Gasteiger charge is 2.22. The van der Waals surface area contributed by atoms with Gasteiger partial charge in [0.05, 0.1) is 156 Å². The predicted molar refractivity (Wildman–Crippen MR) is 231 cm³/mol. The molecule has 0 aliphatic heterocycles. The zero-order chi connectivity index (χ0) is 45.8. The third kappa shape index (κ3) is 21.9. The lowest BCUT2D eigenvalue weighted by Crippen LogP contribution is -2.23. The van der Waals surface area contributed by atoms with E-state index in [1.807, 2.05) is 24.5 Å². The Balaban J connectivity index is 1.39. The van der Waals surface area contributed by atoms with Gasteiger partial charge in [-0.3, -0.25) is 0 Å². The Hall–Kier alpha value is -3.32. The van der Waals surface area contributed by atoms with E-state index < -0.39 is 0 Å². The van der Waals surface area contributed by atoms with E-state index in [0.29, 0.717) is 128 Å². The van der Waals surface area contributed by atoms with Crippen molar-refractivity contribution in [3.63, 3.8) is 0 Å². The third-order valence-electron chi connectivity index (χ3n) is 8.86. The van der Waals surface area contributed by atoms with Gasteiger partial charge in [0.2, 0.25) is 0 Å². The molecule has 0 bridgehead atoms. The van der Waals surface area contributed by atoms with E-state index in [0.717, 1.165) is 22.9 Å². The maximum atomic E-state index is 5.85. The molecule has 3 aromatic heterocycles. The largest absolute Gasteiger partial charge is 0.382 e. The van der Waals surface area contributed by atoms with E-state index in [1.54, 1.807) is 37.8 Å².